The van der Waals surface area contributed by atoms with Crippen LogP contribution in [0.2, 0.25) is 0 Å². The van der Waals surface area contributed by atoms with Crippen LogP contribution >= 0.6 is 31.9 Å². The molecular formula is C40H46Br2. The molecule has 1 aliphatic rings. The summed E-state index contributed by atoms with van der Waals surface area (Å²) in [5.74, 6) is 0.812. The summed E-state index contributed by atoms with van der Waals surface area (Å²) in [6.07, 6.45) is 16.0. The van der Waals surface area contributed by atoms with Crippen molar-refractivity contribution >= 4 is 31.9 Å². The molecule has 0 amide bonds. The van der Waals surface area contributed by atoms with Crippen molar-refractivity contribution in [2.24, 2.45) is 5.92 Å². The van der Waals surface area contributed by atoms with Crippen LogP contribution in [0.15, 0.2) is 99.9 Å². The Balaban J connectivity index is 1.59. The molecule has 42 heavy (non-hydrogen) atoms. The van der Waals surface area contributed by atoms with E-state index in [4.69, 9.17) is 0 Å². The van der Waals surface area contributed by atoms with Gasteiger partial charge in [0.15, 0.2) is 0 Å². The Hall–Kier alpha value is -2.16. The fourth-order valence-electron chi connectivity index (χ4n) is 7.34. The third-order valence-electron chi connectivity index (χ3n) is 9.41. The van der Waals surface area contributed by atoms with E-state index < -0.39 is 0 Å². The quantitative estimate of drug-likeness (QED) is 0.0962. The van der Waals surface area contributed by atoms with Gasteiger partial charge in [0.1, 0.15) is 0 Å². The van der Waals surface area contributed by atoms with Gasteiger partial charge >= 0.3 is 0 Å². The van der Waals surface area contributed by atoms with Crippen molar-refractivity contribution in [3.63, 3.8) is 0 Å². The Morgan fingerprint density at radius 2 is 1.14 bits per heavy atom. The van der Waals surface area contributed by atoms with Crippen molar-refractivity contribution in [2.75, 3.05) is 0 Å². The Labute approximate surface area is 271 Å². The van der Waals surface area contributed by atoms with Gasteiger partial charge in [0.2, 0.25) is 0 Å². The van der Waals surface area contributed by atoms with E-state index >= 15 is 0 Å². The fraction of sp³-hybridized carbons (Fsp3) is 0.400. The molecule has 1 aliphatic carbocycles. The lowest BCUT2D eigenvalue weighted by molar-refractivity contribution is 0.383. The maximum Gasteiger partial charge on any atom is 0.0714 e. The van der Waals surface area contributed by atoms with Crippen LogP contribution in [-0.2, 0) is 11.8 Å². The highest BCUT2D eigenvalue weighted by molar-refractivity contribution is 9.10. The number of halogens is 2. The molecule has 4 aromatic rings. The molecular weight excluding hydrogens is 640 g/mol. The third-order valence-corrected chi connectivity index (χ3v) is 10.4. The Bertz CT molecular complexity index is 1370. The van der Waals surface area contributed by atoms with Crippen LogP contribution < -0.4 is 0 Å². The van der Waals surface area contributed by atoms with Crippen LogP contribution in [0.4, 0.5) is 0 Å². The highest BCUT2D eigenvalue weighted by atomic mass is 79.9. The highest BCUT2D eigenvalue weighted by Gasteiger charge is 2.47. The summed E-state index contributed by atoms with van der Waals surface area (Å²) in [6, 6.07) is 34.1. The summed E-state index contributed by atoms with van der Waals surface area (Å²) in [4.78, 5) is 0. The first kappa shape index (κ1) is 31.3. The number of aryl methyl sites for hydroxylation is 1. The standard InChI is InChI=1S/C40H46Br2/c1-3-5-7-11-17-30(18-12-8-6-4-2)23-24-31-27-35(42)29-38-39(31)36-26-25-34(41)28-37(36)40(38,32-19-13-9-14-20-32)33-21-15-10-16-22-33/h9-10,13-16,19-22,25-30H,3-8,11-12,17-18,23-24H2,1-2H3. The summed E-state index contributed by atoms with van der Waals surface area (Å²) in [5, 5.41) is 0. The van der Waals surface area contributed by atoms with Crippen LogP contribution in [0.5, 0.6) is 0 Å². The van der Waals surface area contributed by atoms with Gasteiger partial charge in [-0.25, -0.2) is 0 Å². The van der Waals surface area contributed by atoms with Gasteiger partial charge in [-0.1, -0.05) is 177 Å². The average molecular weight is 687 g/mol. The summed E-state index contributed by atoms with van der Waals surface area (Å²) in [7, 11) is 0. The number of hydrogen-bond donors (Lipinski definition) is 0. The van der Waals surface area contributed by atoms with Crippen molar-refractivity contribution < 1.29 is 0 Å². The van der Waals surface area contributed by atoms with Gasteiger partial charge in [-0.15, -0.1) is 0 Å². The number of unbranched alkanes of at least 4 members (excludes halogenated alkanes) is 6. The van der Waals surface area contributed by atoms with Crippen LogP contribution in [0.1, 0.15) is 112 Å². The van der Waals surface area contributed by atoms with E-state index in [2.05, 4.69) is 137 Å². The molecule has 0 aliphatic heterocycles. The summed E-state index contributed by atoms with van der Waals surface area (Å²) < 4.78 is 2.31. The molecule has 0 bridgehead atoms. The molecule has 0 nitrogen and oxygen atoms in total. The number of rotatable bonds is 15. The lowest BCUT2D eigenvalue weighted by atomic mass is 9.67. The second kappa shape index (κ2) is 15.0. The third kappa shape index (κ3) is 6.66. The Kier molecular flexibility index (Phi) is 11.2. The van der Waals surface area contributed by atoms with Crippen molar-refractivity contribution in [3.8, 4) is 11.1 Å². The topological polar surface area (TPSA) is 0 Å². The molecule has 0 N–H and O–H groups in total. The first-order chi connectivity index (χ1) is 20.6. The van der Waals surface area contributed by atoms with E-state index in [0.717, 1.165) is 16.8 Å². The molecule has 4 aromatic carbocycles. The van der Waals surface area contributed by atoms with E-state index in [-0.39, 0.29) is 5.41 Å². The second-order valence-corrected chi connectivity index (χ2v) is 14.1. The van der Waals surface area contributed by atoms with Gasteiger partial charge in [0.25, 0.3) is 0 Å². The normalized spacial score (nSPS) is 13.4. The fourth-order valence-corrected chi connectivity index (χ4v) is 8.21. The maximum atomic E-state index is 3.99. The summed E-state index contributed by atoms with van der Waals surface area (Å²) in [5.41, 5.74) is 9.37. The lowest BCUT2D eigenvalue weighted by Crippen LogP contribution is -2.28. The number of benzene rings is 4. The van der Waals surface area contributed by atoms with Gasteiger partial charge in [-0.05, 0) is 82.0 Å². The van der Waals surface area contributed by atoms with Crippen molar-refractivity contribution in [3.05, 3.63) is 128 Å². The lowest BCUT2D eigenvalue weighted by Gasteiger charge is -2.34. The molecule has 5 rings (SSSR count). The first-order valence-electron chi connectivity index (χ1n) is 16.3. The van der Waals surface area contributed by atoms with Crippen molar-refractivity contribution in [1.29, 1.82) is 0 Å². The minimum atomic E-state index is -0.366. The largest absolute Gasteiger partial charge is 0.0714 e. The zero-order valence-corrected chi connectivity index (χ0v) is 28.7. The van der Waals surface area contributed by atoms with Gasteiger partial charge in [0.05, 0.1) is 5.41 Å². The number of fused-ring (bicyclic) bond motifs is 3. The van der Waals surface area contributed by atoms with E-state index in [1.165, 1.54) is 114 Å². The Morgan fingerprint density at radius 3 is 1.71 bits per heavy atom. The van der Waals surface area contributed by atoms with E-state index in [1.807, 2.05) is 0 Å². The van der Waals surface area contributed by atoms with Gasteiger partial charge in [0, 0.05) is 8.95 Å². The Morgan fingerprint density at radius 1 is 0.571 bits per heavy atom. The van der Waals surface area contributed by atoms with Gasteiger partial charge in [-0.3, -0.25) is 0 Å². The number of hydrogen-bond acceptors (Lipinski definition) is 0. The predicted octanol–water partition coefficient (Wildman–Crippen LogP) is 13.1. The molecule has 0 aromatic heterocycles. The first-order valence-corrected chi connectivity index (χ1v) is 17.9. The van der Waals surface area contributed by atoms with Gasteiger partial charge in [-0.2, -0.15) is 0 Å². The molecule has 2 heteroatoms. The monoisotopic (exact) mass is 684 g/mol. The molecule has 0 radical (unpaired) electrons. The average Bonchev–Trinajstić information content (AvgIpc) is 3.30. The zero-order valence-electron chi connectivity index (χ0n) is 25.5. The van der Waals surface area contributed by atoms with Crippen LogP contribution in [0.25, 0.3) is 11.1 Å². The minimum Gasteiger partial charge on any atom is -0.0654 e. The van der Waals surface area contributed by atoms with E-state index in [0.29, 0.717) is 0 Å². The van der Waals surface area contributed by atoms with Crippen LogP contribution in [0, 0.1) is 5.92 Å². The van der Waals surface area contributed by atoms with Crippen molar-refractivity contribution in [2.45, 2.75) is 96.3 Å². The molecule has 0 saturated heterocycles. The molecule has 0 unspecified atom stereocenters. The van der Waals surface area contributed by atoms with E-state index in [1.54, 1.807) is 0 Å². The van der Waals surface area contributed by atoms with Crippen molar-refractivity contribution in [1.82, 2.24) is 0 Å². The SMILES string of the molecule is CCCCCCC(CCCCCC)CCc1cc(Br)cc2c1-c1ccc(Br)cc1C2(c1ccccc1)c1ccccc1. The van der Waals surface area contributed by atoms with Gasteiger partial charge < -0.3 is 0 Å². The zero-order chi connectivity index (χ0) is 29.4. The maximum absolute atomic E-state index is 3.99. The predicted molar refractivity (Wildman–Crippen MR) is 188 cm³/mol. The second-order valence-electron chi connectivity index (χ2n) is 12.3. The molecule has 0 fully saturated rings. The summed E-state index contributed by atoms with van der Waals surface area (Å²) >= 11 is 7.84. The molecule has 220 valence electrons. The molecule has 0 heterocycles. The molecule has 0 atom stereocenters. The molecule has 0 saturated carbocycles. The summed E-state index contributed by atoms with van der Waals surface area (Å²) in [6.45, 7) is 4.63. The molecule has 0 spiro atoms. The van der Waals surface area contributed by atoms with Crippen LogP contribution in [0.3, 0.4) is 0 Å². The highest BCUT2D eigenvalue weighted by Crippen LogP contribution is 2.58. The minimum absolute atomic E-state index is 0.366. The smallest absolute Gasteiger partial charge is 0.0654 e. The van der Waals surface area contributed by atoms with E-state index in [9.17, 15) is 0 Å². The van der Waals surface area contributed by atoms with Crippen LogP contribution in [-0.4, -0.2) is 0 Å².